The highest BCUT2D eigenvalue weighted by molar-refractivity contribution is 7.08. The molecule has 0 aliphatic heterocycles. The summed E-state index contributed by atoms with van der Waals surface area (Å²) in [5.41, 5.74) is 1.67. The number of hydrogen-bond acceptors (Lipinski definition) is 5. The third-order valence-corrected chi connectivity index (χ3v) is 4.36. The maximum Gasteiger partial charge on any atom is 0.331 e. The van der Waals surface area contributed by atoms with Crippen LogP contribution >= 0.6 is 11.3 Å². The molecular formula is C19H18N2O4S. The number of esters is 1. The van der Waals surface area contributed by atoms with Gasteiger partial charge in [0.25, 0.3) is 11.8 Å². The minimum absolute atomic E-state index is 0.223. The third kappa shape index (κ3) is 5.29. The number of anilines is 1. The highest BCUT2D eigenvalue weighted by Gasteiger charge is 2.25. The smallest absolute Gasteiger partial charge is 0.331 e. The maximum atomic E-state index is 12.2. The van der Waals surface area contributed by atoms with E-state index in [1.807, 2.05) is 16.8 Å². The summed E-state index contributed by atoms with van der Waals surface area (Å²) in [5.74, 6) is -1.33. The van der Waals surface area contributed by atoms with Gasteiger partial charge in [-0.05, 0) is 53.4 Å². The Kier molecular flexibility index (Phi) is 5.80. The molecule has 0 unspecified atom stereocenters. The molecule has 134 valence electrons. The van der Waals surface area contributed by atoms with Crippen molar-refractivity contribution in [2.75, 3.05) is 11.9 Å². The van der Waals surface area contributed by atoms with Gasteiger partial charge in [-0.25, -0.2) is 4.79 Å². The van der Waals surface area contributed by atoms with E-state index in [0.29, 0.717) is 11.3 Å². The summed E-state index contributed by atoms with van der Waals surface area (Å²) in [6.45, 7) is -0.425. The van der Waals surface area contributed by atoms with Crippen molar-refractivity contribution in [1.82, 2.24) is 5.32 Å². The largest absolute Gasteiger partial charge is 0.452 e. The molecule has 0 radical (unpaired) electrons. The summed E-state index contributed by atoms with van der Waals surface area (Å²) in [6.07, 6.45) is 4.85. The van der Waals surface area contributed by atoms with Gasteiger partial charge in [0.2, 0.25) is 0 Å². The topological polar surface area (TPSA) is 84.5 Å². The Morgan fingerprint density at radius 1 is 1.19 bits per heavy atom. The lowest BCUT2D eigenvalue weighted by Crippen LogP contribution is -2.27. The molecule has 2 amide bonds. The minimum Gasteiger partial charge on any atom is -0.452 e. The number of para-hydroxylation sites is 1. The third-order valence-electron chi connectivity index (χ3n) is 3.66. The Hall–Kier alpha value is -2.93. The van der Waals surface area contributed by atoms with Gasteiger partial charge < -0.3 is 15.4 Å². The maximum absolute atomic E-state index is 12.2. The highest BCUT2D eigenvalue weighted by atomic mass is 32.1. The monoisotopic (exact) mass is 370 g/mol. The van der Waals surface area contributed by atoms with Crippen molar-refractivity contribution >= 4 is 40.9 Å². The average molecular weight is 370 g/mol. The second-order valence-corrected chi connectivity index (χ2v) is 6.62. The van der Waals surface area contributed by atoms with Crippen LogP contribution in [0.3, 0.4) is 0 Å². The van der Waals surface area contributed by atoms with Crippen LogP contribution in [-0.2, 0) is 14.3 Å². The van der Waals surface area contributed by atoms with Crippen molar-refractivity contribution in [1.29, 1.82) is 0 Å². The van der Waals surface area contributed by atoms with Gasteiger partial charge in [0.15, 0.2) is 6.61 Å². The van der Waals surface area contributed by atoms with E-state index in [4.69, 9.17) is 4.74 Å². The van der Waals surface area contributed by atoms with Gasteiger partial charge in [-0.3, -0.25) is 9.59 Å². The zero-order valence-corrected chi connectivity index (χ0v) is 14.8. The van der Waals surface area contributed by atoms with Crippen LogP contribution in [0.2, 0.25) is 0 Å². The molecule has 1 fully saturated rings. The fourth-order valence-electron chi connectivity index (χ4n) is 2.19. The molecule has 1 heterocycles. The van der Waals surface area contributed by atoms with Gasteiger partial charge >= 0.3 is 5.97 Å². The average Bonchev–Trinajstić information content (AvgIpc) is 3.29. The molecule has 3 rings (SSSR count). The predicted octanol–water partition coefficient (Wildman–Crippen LogP) is 2.84. The molecule has 1 aromatic heterocycles. The minimum atomic E-state index is -0.605. The van der Waals surface area contributed by atoms with E-state index < -0.39 is 18.5 Å². The van der Waals surface area contributed by atoms with E-state index in [2.05, 4.69) is 10.6 Å². The standard InChI is InChI=1S/C19H18N2O4S/c22-17(11-25-18(23)8-5-13-9-10-26-12-13)21-16-4-2-1-3-15(16)19(24)20-14-6-7-14/h1-5,8-10,12,14H,6-7,11H2,(H,20,24)(H,21,22)/b8-5+. The van der Waals surface area contributed by atoms with Crippen LogP contribution in [0.15, 0.2) is 47.2 Å². The Morgan fingerprint density at radius 3 is 2.73 bits per heavy atom. The highest BCUT2D eigenvalue weighted by Crippen LogP contribution is 2.21. The van der Waals surface area contributed by atoms with Gasteiger partial charge in [0, 0.05) is 12.1 Å². The quantitative estimate of drug-likeness (QED) is 0.580. The first-order chi connectivity index (χ1) is 12.6. The normalized spacial score (nSPS) is 13.4. The van der Waals surface area contributed by atoms with Gasteiger partial charge in [-0.1, -0.05) is 12.1 Å². The predicted molar refractivity (Wildman–Crippen MR) is 99.9 cm³/mol. The first kappa shape index (κ1) is 17.9. The van der Waals surface area contributed by atoms with Crippen molar-refractivity contribution in [3.05, 3.63) is 58.3 Å². The zero-order chi connectivity index (χ0) is 18.4. The van der Waals surface area contributed by atoms with Crippen LogP contribution in [0.1, 0.15) is 28.8 Å². The summed E-state index contributed by atoms with van der Waals surface area (Å²) in [6, 6.07) is 8.82. The molecule has 7 heteroatoms. The molecule has 0 spiro atoms. The lowest BCUT2D eigenvalue weighted by molar-refractivity contribution is -0.142. The first-order valence-electron chi connectivity index (χ1n) is 8.18. The molecule has 1 aromatic carbocycles. The van der Waals surface area contributed by atoms with Crippen molar-refractivity contribution in [2.24, 2.45) is 0 Å². The number of carbonyl (C=O) groups excluding carboxylic acids is 3. The zero-order valence-electron chi connectivity index (χ0n) is 13.9. The lowest BCUT2D eigenvalue weighted by atomic mass is 10.1. The van der Waals surface area contributed by atoms with Crippen molar-refractivity contribution < 1.29 is 19.1 Å². The molecule has 0 atom stereocenters. The van der Waals surface area contributed by atoms with Crippen molar-refractivity contribution in [3.63, 3.8) is 0 Å². The molecule has 2 N–H and O–H groups in total. The summed E-state index contributed by atoms with van der Waals surface area (Å²) < 4.78 is 4.91. The number of rotatable bonds is 7. The SMILES string of the molecule is O=C(COC(=O)/C=C/c1ccsc1)Nc1ccccc1C(=O)NC1CC1. The van der Waals surface area contributed by atoms with Gasteiger partial charge in [0.1, 0.15) is 0 Å². The van der Waals surface area contributed by atoms with Crippen LogP contribution in [0, 0.1) is 0 Å². The summed E-state index contributed by atoms with van der Waals surface area (Å²) in [7, 11) is 0. The molecule has 0 saturated heterocycles. The van der Waals surface area contributed by atoms with Gasteiger partial charge in [-0.2, -0.15) is 11.3 Å². The number of nitrogens with one attached hydrogen (secondary N) is 2. The van der Waals surface area contributed by atoms with E-state index in [-0.39, 0.29) is 11.9 Å². The second kappa shape index (κ2) is 8.44. The van der Waals surface area contributed by atoms with Gasteiger partial charge in [-0.15, -0.1) is 0 Å². The summed E-state index contributed by atoms with van der Waals surface area (Å²) in [4.78, 5) is 35.9. The number of hydrogen-bond donors (Lipinski definition) is 2. The van der Waals surface area contributed by atoms with Crippen LogP contribution in [0.4, 0.5) is 5.69 Å². The van der Waals surface area contributed by atoms with Crippen molar-refractivity contribution in [3.8, 4) is 0 Å². The Labute approximate surface area is 154 Å². The van der Waals surface area contributed by atoms with Crippen LogP contribution in [0.25, 0.3) is 6.08 Å². The van der Waals surface area contributed by atoms with E-state index in [0.717, 1.165) is 18.4 Å². The molecule has 26 heavy (non-hydrogen) atoms. The number of amides is 2. The summed E-state index contributed by atoms with van der Waals surface area (Å²) in [5, 5.41) is 9.28. The van der Waals surface area contributed by atoms with E-state index >= 15 is 0 Å². The van der Waals surface area contributed by atoms with E-state index in [9.17, 15) is 14.4 Å². The fourth-order valence-corrected chi connectivity index (χ4v) is 2.81. The number of ether oxygens (including phenoxy) is 1. The molecule has 0 bridgehead atoms. The van der Waals surface area contributed by atoms with E-state index in [1.54, 1.807) is 30.3 Å². The Bertz CT molecular complexity index is 826. The number of thiophene rings is 1. The van der Waals surface area contributed by atoms with E-state index in [1.165, 1.54) is 17.4 Å². The summed E-state index contributed by atoms with van der Waals surface area (Å²) >= 11 is 1.52. The fraction of sp³-hybridized carbons (Fsp3) is 0.211. The second-order valence-electron chi connectivity index (χ2n) is 5.84. The molecule has 1 aliphatic rings. The molecule has 2 aromatic rings. The molecule has 6 nitrogen and oxygen atoms in total. The molecular weight excluding hydrogens is 352 g/mol. The Balaban J connectivity index is 1.51. The molecule has 1 saturated carbocycles. The molecule has 1 aliphatic carbocycles. The van der Waals surface area contributed by atoms with Crippen LogP contribution < -0.4 is 10.6 Å². The lowest BCUT2D eigenvalue weighted by Gasteiger charge is -2.11. The first-order valence-corrected chi connectivity index (χ1v) is 9.13. The van der Waals surface area contributed by atoms with Crippen LogP contribution in [-0.4, -0.2) is 30.4 Å². The van der Waals surface area contributed by atoms with Crippen molar-refractivity contribution in [2.45, 2.75) is 18.9 Å². The van der Waals surface area contributed by atoms with Crippen LogP contribution in [0.5, 0.6) is 0 Å². The Morgan fingerprint density at radius 2 is 2.00 bits per heavy atom. The van der Waals surface area contributed by atoms with Gasteiger partial charge in [0.05, 0.1) is 11.3 Å². The number of benzene rings is 1. The number of carbonyl (C=O) groups is 3.